The first-order chi connectivity index (χ1) is 8.88. The van der Waals surface area contributed by atoms with Crippen LogP contribution in [0.15, 0.2) is 16.2 Å². The second-order valence-corrected chi connectivity index (χ2v) is 4.27. The van der Waals surface area contributed by atoms with Crippen molar-refractivity contribution < 1.29 is 24.3 Å². The number of hydrogen-bond acceptors (Lipinski definition) is 5. The molecule has 0 unspecified atom stereocenters. The Morgan fingerprint density at radius 3 is 2.42 bits per heavy atom. The monoisotopic (exact) mass is 268 g/mol. The van der Waals surface area contributed by atoms with Crippen molar-refractivity contribution in [1.82, 2.24) is 10.1 Å². The van der Waals surface area contributed by atoms with Crippen LogP contribution >= 0.6 is 0 Å². The van der Waals surface area contributed by atoms with Gasteiger partial charge in [0.2, 0.25) is 0 Å². The summed E-state index contributed by atoms with van der Waals surface area (Å²) in [5.41, 5.74) is 2.37. The smallest absolute Gasteiger partial charge is 0.414 e. The lowest BCUT2D eigenvalue weighted by Crippen LogP contribution is -2.11. The van der Waals surface area contributed by atoms with Crippen LogP contribution in [-0.2, 0) is 9.59 Å². The zero-order chi connectivity index (χ0) is 14.4. The molecule has 19 heavy (non-hydrogen) atoms. The van der Waals surface area contributed by atoms with Crippen LogP contribution in [0.1, 0.15) is 17.9 Å². The van der Waals surface area contributed by atoms with Crippen LogP contribution in [0, 0.1) is 6.92 Å². The van der Waals surface area contributed by atoms with Crippen molar-refractivity contribution in [2.75, 3.05) is 20.1 Å². The molecule has 2 rings (SSSR count). The van der Waals surface area contributed by atoms with Gasteiger partial charge >= 0.3 is 11.9 Å². The first kappa shape index (κ1) is 14.9. The fraction of sp³-hybridized carbons (Fsp3) is 0.417. The summed E-state index contributed by atoms with van der Waals surface area (Å²) in [6.07, 6.45) is 3.25. The van der Waals surface area contributed by atoms with Crippen LogP contribution in [0.25, 0.3) is 6.08 Å². The Balaban J connectivity index is 0.000000258. The number of likely N-dealkylation sites (N-methyl/N-ethyl adjacent to an activating group) is 1. The van der Waals surface area contributed by atoms with Crippen molar-refractivity contribution in [3.8, 4) is 0 Å². The minimum Gasteiger partial charge on any atom is -0.473 e. The minimum atomic E-state index is -1.82. The summed E-state index contributed by atoms with van der Waals surface area (Å²) in [6, 6.07) is 1.96. The number of aliphatic carboxylic acids is 2. The SMILES string of the molecule is Cc1cc(C=C2CCN(C)C2)on1.O=C(O)C(=O)O. The van der Waals surface area contributed by atoms with Crippen LogP contribution < -0.4 is 0 Å². The number of hydrogen-bond donors (Lipinski definition) is 2. The Bertz CT molecular complexity index is 480. The highest BCUT2D eigenvalue weighted by Crippen LogP contribution is 2.17. The molecular weight excluding hydrogens is 252 g/mol. The van der Waals surface area contributed by atoms with Gasteiger partial charge in [-0.15, -0.1) is 0 Å². The second-order valence-electron chi connectivity index (χ2n) is 4.27. The second kappa shape index (κ2) is 6.69. The Labute approximate surface area is 110 Å². The van der Waals surface area contributed by atoms with Gasteiger partial charge in [-0.25, -0.2) is 9.59 Å². The molecule has 0 amide bonds. The standard InChI is InChI=1S/C10H14N2O.C2H2O4/c1-8-5-10(13-11-8)6-9-3-4-12(2)7-9;3-1(4)2(5)6/h5-6H,3-4,7H2,1-2H3;(H,3,4)(H,5,6). The molecule has 2 heterocycles. The lowest BCUT2D eigenvalue weighted by atomic mass is 10.2. The quantitative estimate of drug-likeness (QED) is 0.728. The first-order valence-corrected chi connectivity index (χ1v) is 5.66. The Morgan fingerprint density at radius 2 is 2.05 bits per heavy atom. The molecule has 1 saturated heterocycles. The molecule has 1 aromatic heterocycles. The summed E-state index contributed by atoms with van der Waals surface area (Å²) in [4.78, 5) is 20.5. The predicted molar refractivity (Wildman–Crippen MR) is 66.6 cm³/mol. The molecule has 7 heteroatoms. The van der Waals surface area contributed by atoms with E-state index in [0.29, 0.717) is 0 Å². The topological polar surface area (TPSA) is 104 Å². The number of nitrogens with zero attached hydrogens (tertiary/aromatic N) is 2. The molecule has 7 nitrogen and oxygen atoms in total. The van der Waals surface area contributed by atoms with Crippen LogP contribution in [-0.4, -0.2) is 52.3 Å². The lowest BCUT2D eigenvalue weighted by Gasteiger charge is -2.01. The number of likely N-dealkylation sites (tertiary alicyclic amines) is 1. The zero-order valence-corrected chi connectivity index (χ0v) is 10.8. The normalized spacial score (nSPS) is 17.1. The van der Waals surface area contributed by atoms with Gasteiger partial charge in [-0.05, 0) is 26.5 Å². The van der Waals surface area contributed by atoms with Crippen LogP contribution in [0.2, 0.25) is 0 Å². The molecule has 0 spiro atoms. The fourth-order valence-electron chi connectivity index (χ4n) is 1.61. The number of aryl methyl sites for hydroxylation is 1. The van der Waals surface area contributed by atoms with Crippen LogP contribution in [0.3, 0.4) is 0 Å². The third-order valence-electron chi connectivity index (χ3n) is 2.46. The Hall–Kier alpha value is -2.15. The van der Waals surface area contributed by atoms with E-state index in [1.165, 1.54) is 5.57 Å². The number of aromatic nitrogens is 1. The molecule has 0 saturated carbocycles. The van der Waals surface area contributed by atoms with Crippen molar-refractivity contribution >= 4 is 18.0 Å². The predicted octanol–water partition coefficient (Wildman–Crippen LogP) is 0.858. The van der Waals surface area contributed by atoms with E-state index in [2.05, 4.69) is 23.2 Å². The van der Waals surface area contributed by atoms with Gasteiger partial charge in [0.1, 0.15) is 0 Å². The van der Waals surface area contributed by atoms with Crippen molar-refractivity contribution in [3.05, 3.63) is 23.1 Å². The largest absolute Gasteiger partial charge is 0.473 e. The number of carbonyl (C=O) groups is 2. The molecule has 0 aromatic carbocycles. The van der Waals surface area contributed by atoms with Gasteiger partial charge in [0.15, 0.2) is 5.76 Å². The minimum absolute atomic E-state index is 0.878. The summed E-state index contributed by atoms with van der Waals surface area (Å²) in [5.74, 6) is -2.77. The maximum atomic E-state index is 9.10. The van der Waals surface area contributed by atoms with Crippen molar-refractivity contribution in [2.45, 2.75) is 13.3 Å². The average molecular weight is 268 g/mol. The number of carboxylic acids is 2. The van der Waals surface area contributed by atoms with E-state index in [9.17, 15) is 0 Å². The van der Waals surface area contributed by atoms with Crippen LogP contribution in [0.5, 0.6) is 0 Å². The highest BCUT2D eigenvalue weighted by Gasteiger charge is 2.12. The van der Waals surface area contributed by atoms with E-state index in [4.69, 9.17) is 24.3 Å². The molecule has 1 aliphatic heterocycles. The van der Waals surface area contributed by atoms with E-state index in [0.717, 1.165) is 31.0 Å². The van der Waals surface area contributed by atoms with Gasteiger partial charge < -0.3 is 19.6 Å². The molecule has 0 aliphatic carbocycles. The third kappa shape index (κ3) is 5.35. The summed E-state index contributed by atoms with van der Waals surface area (Å²) < 4.78 is 5.12. The van der Waals surface area contributed by atoms with E-state index in [-0.39, 0.29) is 0 Å². The zero-order valence-electron chi connectivity index (χ0n) is 10.8. The third-order valence-corrected chi connectivity index (χ3v) is 2.46. The molecule has 0 atom stereocenters. The number of carboxylic acid groups (broad SMARTS) is 2. The van der Waals surface area contributed by atoms with Gasteiger partial charge in [-0.2, -0.15) is 0 Å². The summed E-state index contributed by atoms with van der Waals surface area (Å²) in [5, 5.41) is 18.6. The van der Waals surface area contributed by atoms with Crippen LogP contribution in [0.4, 0.5) is 0 Å². The van der Waals surface area contributed by atoms with Gasteiger partial charge in [0.25, 0.3) is 0 Å². The van der Waals surface area contributed by atoms with Gasteiger partial charge in [0, 0.05) is 19.2 Å². The Morgan fingerprint density at radius 1 is 1.42 bits per heavy atom. The average Bonchev–Trinajstić information content (AvgIpc) is 2.89. The first-order valence-electron chi connectivity index (χ1n) is 5.66. The fourth-order valence-corrected chi connectivity index (χ4v) is 1.61. The summed E-state index contributed by atoms with van der Waals surface area (Å²) >= 11 is 0. The highest BCUT2D eigenvalue weighted by molar-refractivity contribution is 6.27. The van der Waals surface area contributed by atoms with E-state index in [1.807, 2.05) is 13.0 Å². The molecule has 1 aliphatic rings. The maximum absolute atomic E-state index is 9.10. The van der Waals surface area contributed by atoms with E-state index < -0.39 is 11.9 Å². The molecular formula is C12H16N2O5. The Kier molecular flexibility index (Phi) is 5.25. The van der Waals surface area contributed by atoms with Crippen molar-refractivity contribution in [2.24, 2.45) is 0 Å². The van der Waals surface area contributed by atoms with Crippen molar-refractivity contribution in [1.29, 1.82) is 0 Å². The molecule has 1 fully saturated rings. The molecule has 0 bridgehead atoms. The summed E-state index contributed by atoms with van der Waals surface area (Å²) in [7, 11) is 2.13. The van der Waals surface area contributed by atoms with Crippen molar-refractivity contribution in [3.63, 3.8) is 0 Å². The highest BCUT2D eigenvalue weighted by atomic mass is 16.5. The maximum Gasteiger partial charge on any atom is 0.414 e. The van der Waals surface area contributed by atoms with E-state index in [1.54, 1.807) is 0 Å². The number of rotatable bonds is 1. The molecule has 104 valence electrons. The van der Waals surface area contributed by atoms with Gasteiger partial charge in [0.05, 0.1) is 5.69 Å². The van der Waals surface area contributed by atoms with E-state index >= 15 is 0 Å². The molecule has 0 radical (unpaired) electrons. The lowest BCUT2D eigenvalue weighted by molar-refractivity contribution is -0.159. The molecule has 2 N–H and O–H groups in total. The van der Waals surface area contributed by atoms with Gasteiger partial charge in [-0.1, -0.05) is 10.7 Å². The summed E-state index contributed by atoms with van der Waals surface area (Å²) in [6.45, 7) is 4.14. The molecule has 1 aromatic rings. The van der Waals surface area contributed by atoms with Gasteiger partial charge in [-0.3, -0.25) is 0 Å².